The van der Waals surface area contributed by atoms with E-state index in [1.165, 1.54) is 16.5 Å². The number of nitrogens with zero attached hydrogens (tertiary/aromatic N) is 1. The average Bonchev–Trinajstić information content (AvgIpc) is 2.54. The zero-order valence-electron chi connectivity index (χ0n) is 14.5. The molecule has 0 heterocycles. The minimum atomic E-state index is 0.617. The lowest BCUT2D eigenvalue weighted by Gasteiger charge is -2.28. The summed E-state index contributed by atoms with van der Waals surface area (Å²) < 4.78 is 0. The fraction of sp³-hybridized carbons (Fsp3) is 0.0909. The number of hydrogen-bond donors (Lipinski definition) is 2. The van der Waals surface area contributed by atoms with E-state index < -0.39 is 0 Å². The van der Waals surface area contributed by atoms with Gasteiger partial charge in [0.25, 0.3) is 0 Å². The van der Waals surface area contributed by atoms with Crippen molar-refractivity contribution in [1.82, 2.24) is 0 Å². The summed E-state index contributed by atoms with van der Waals surface area (Å²) in [6.07, 6.45) is 0. The maximum absolute atomic E-state index is 4.63. The normalized spacial score (nSPS) is 10.7. The molecule has 3 heteroatoms. The second kappa shape index (κ2) is 7.03. The fourth-order valence-corrected chi connectivity index (χ4v) is 3.66. The Morgan fingerprint density at radius 1 is 0.920 bits per heavy atom. The van der Waals surface area contributed by atoms with E-state index in [1.807, 2.05) is 23.1 Å². The van der Waals surface area contributed by atoms with Crippen molar-refractivity contribution in [2.45, 2.75) is 18.7 Å². The summed E-state index contributed by atoms with van der Waals surface area (Å²) in [5.41, 5.74) is 5.18. The first kappa shape index (κ1) is 17.7. The first-order valence-corrected chi connectivity index (χ1v) is 8.94. The number of rotatable bonds is 4. The largest absolute Gasteiger partial charge is 0.305 e. The molecule has 0 bridgehead atoms. The average molecular weight is 364 g/mol. The predicted molar refractivity (Wildman–Crippen MR) is 117 cm³/mol. The molecule has 0 aliphatic heterocycles. The molecule has 0 spiro atoms. The molecule has 0 saturated carbocycles. The minimum Gasteiger partial charge on any atom is -0.305 e. The molecule has 3 aromatic rings. The molecule has 0 unspecified atom stereocenters. The van der Waals surface area contributed by atoms with E-state index in [4.69, 9.17) is 0 Å². The van der Waals surface area contributed by atoms with Crippen molar-refractivity contribution in [3.63, 3.8) is 0 Å². The summed E-state index contributed by atoms with van der Waals surface area (Å²) in [7, 11) is 0. The van der Waals surface area contributed by atoms with Gasteiger partial charge in [-0.05, 0) is 36.9 Å². The minimum absolute atomic E-state index is 0.617. The molecule has 0 atom stereocenters. The maximum Gasteiger partial charge on any atom is 0.0695 e. The summed E-state index contributed by atoms with van der Waals surface area (Å²) in [4.78, 5) is 2.87. The van der Waals surface area contributed by atoms with Crippen LogP contribution in [0.25, 0.3) is 16.5 Å². The van der Waals surface area contributed by atoms with E-state index >= 15 is 0 Å². The highest BCUT2D eigenvalue weighted by Gasteiger charge is 2.18. The van der Waals surface area contributed by atoms with E-state index in [0.29, 0.717) is 5.03 Å². The van der Waals surface area contributed by atoms with Gasteiger partial charge in [-0.25, -0.2) is 0 Å². The zero-order valence-corrected chi connectivity index (χ0v) is 16.2. The van der Waals surface area contributed by atoms with Gasteiger partial charge in [-0.1, -0.05) is 61.2 Å². The Kier molecular flexibility index (Phi) is 4.98. The second-order valence-corrected chi connectivity index (χ2v) is 7.22. The third-order valence-corrected chi connectivity index (χ3v) is 4.82. The summed E-state index contributed by atoms with van der Waals surface area (Å²) in [6.45, 7) is 12.5. The van der Waals surface area contributed by atoms with Crippen molar-refractivity contribution in [2.75, 3.05) is 4.90 Å². The third-order valence-electron chi connectivity index (χ3n) is 4.25. The molecule has 0 saturated heterocycles. The van der Waals surface area contributed by atoms with Gasteiger partial charge >= 0.3 is 0 Å². The highest BCUT2D eigenvalue weighted by Crippen LogP contribution is 2.37. The lowest BCUT2D eigenvalue weighted by molar-refractivity contribution is 1.25. The van der Waals surface area contributed by atoms with Crippen LogP contribution in [0.4, 0.5) is 5.69 Å². The molecule has 1 nitrogen and oxygen atoms in total. The van der Waals surface area contributed by atoms with Crippen LogP contribution in [0.2, 0.25) is 0 Å². The molecule has 0 aromatic heterocycles. The summed E-state index contributed by atoms with van der Waals surface area (Å²) in [5, 5.41) is 2.93. The maximum atomic E-state index is 4.63. The van der Waals surface area contributed by atoms with Crippen molar-refractivity contribution < 1.29 is 0 Å². The van der Waals surface area contributed by atoms with E-state index in [9.17, 15) is 0 Å². The lowest BCUT2D eigenvalue weighted by Crippen LogP contribution is -2.17. The van der Waals surface area contributed by atoms with Gasteiger partial charge < -0.3 is 4.90 Å². The van der Waals surface area contributed by atoms with Gasteiger partial charge in [0.2, 0.25) is 0 Å². The number of fused-ring (bicyclic) bond motifs is 1. The SMILES string of the molecule is C=C(S)N(C(=C)c1ccc(C)cc1S)c1cccc2cc(C)ccc12. The Morgan fingerprint density at radius 3 is 2.28 bits per heavy atom. The first-order valence-electron chi connectivity index (χ1n) is 8.05. The van der Waals surface area contributed by atoms with Crippen molar-refractivity contribution in [3.05, 3.63) is 89.5 Å². The topological polar surface area (TPSA) is 3.24 Å². The van der Waals surface area contributed by atoms with Crippen LogP contribution in [0, 0.1) is 13.8 Å². The van der Waals surface area contributed by atoms with Crippen LogP contribution < -0.4 is 4.90 Å². The van der Waals surface area contributed by atoms with Crippen molar-refractivity contribution in [1.29, 1.82) is 0 Å². The second-order valence-electron chi connectivity index (χ2n) is 6.22. The summed E-state index contributed by atoms with van der Waals surface area (Å²) in [6, 6.07) is 18.8. The molecule has 0 aliphatic rings. The number of hydrogen-bond acceptors (Lipinski definition) is 3. The molecule has 0 fully saturated rings. The highest BCUT2D eigenvalue weighted by atomic mass is 32.1. The molecular formula is C22H21NS2. The van der Waals surface area contributed by atoms with Crippen molar-refractivity contribution in [3.8, 4) is 0 Å². The number of aryl methyl sites for hydroxylation is 2. The van der Waals surface area contributed by atoms with Crippen molar-refractivity contribution in [2.24, 2.45) is 0 Å². The predicted octanol–water partition coefficient (Wildman–Crippen LogP) is 6.62. The van der Waals surface area contributed by atoms with Gasteiger partial charge in [0.1, 0.15) is 0 Å². The molecule has 3 rings (SSSR count). The fourth-order valence-electron chi connectivity index (χ4n) is 3.03. The van der Waals surface area contributed by atoms with Crippen LogP contribution in [0.3, 0.4) is 0 Å². The number of anilines is 1. The quantitative estimate of drug-likeness (QED) is 0.492. The zero-order chi connectivity index (χ0) is 18.1. The van der Waals surface area contributed by atoms with E-state index in [-0.39, 0.29) is 0 Å². The van der Waals surface area contributed by atoms with Crippen LogP contribution in [0.15, 0.2) is 77.7 Å². The van der Waals surface area contributed by atoms with Gasteiger partial charge in [-0.2, -0.15) is 0 Å². The van der Waals surface area contributed by atoms with Crippen LogP contribution in [0.1, 0.15) is 16.7 Å². The first-order chi connectivity index (χ1) is 11.9. The molecule has 0 aliphatic carbocycles. The van der Waals surface area contributed by atoms with Crippen LogP contribution >= 0.6 is 25.3 Å². The molecule has 25 heavy (non-hydrogen) atoms. The van der Waals surface area contributed by atoms with E-state index in [0.717, 1.165) is 27.2 Å². The Bertz CT molecular complexity index is 988. The smallest absolute Gasteiger partial charge is 0.0695 e. The van der Waals surface area contributed by atoms with Crippen LogP contribution in [-0.2, 0) is 0 Å². The summed E-state index contributed by atoms with van der Waals surface area (Å²) >= 11 is 9.17. The molecular weight excluding hydrogens is 342 g/mol. The Balaban J connectivity index is 2.17. The standard InChI is InChI=1S/C22H21NS2/c1-14-9-11-20-18(12-14)6-5-7-21(20)23(17(4)24)16(3)19-10-8-15(2)13-22(19)25/h5-13,24-25H,3-4H2,1-2H3. The van der Waals surface area contributed by atoms with Crippen molar-refractivity contribution >= 4 is 47.4 Å². The van der Waals surface area contributed by atoms with Gasteiger partial charge in [0.15, 0.2) is 0 Å². The van der Waals surface area contributed by atoms with Gasteiger partial charge in [-0.3, -0.25) is 0 Å². The summed E-state index contributed by atoms with van der Waals surface area (Å²) in [5.74, 6) is 0. The Hall–Kier alpha value is -2.10. The Labute approximate surface area is 160 Å². The highest BCUT2D eigenvalue weighted by molar-refractivity contribution is 7.84. The van der Waals surface area contributed by atoms with Crippen LogP contribution in [-0.4, -0.2) is 0 Å². The van der Waals surface area contributed by atoms with E-state index in [1.54, 1.807) is 0 Å². The van der Waals surface area contributed by atoms with Gasteiger partial charge in [0, 0.05) is 21.5 Å². The molecule has 3 aromatic carbocycles. The van der Waals surface area contributed by atoms with Crippen LogP contribution in [0.5, 0.6) is 0 Å². The lowest BCUT2D eigenvalue weighted by atomic mass is 10.0. The number of thiol groups is 2. The molecule has 0 N–H and O–H groups in total. The third kappa shape index (κ3) is 3.48. The molecule has 126 valence electrons. The monoisotopic (exact) mass is 363 g/mol. The molecule has 0 radical (unpaired) electrons. The molecule has 0 amide bonds. The van der Waals surface area contributed by atoms with Gasteiger partial charge in [0.05, 0.1) is 10.7 Å². The van der Waals surface area contributed by atoms with Gasteiger partial charge in [-0.15, -0.1) is 25.3 Å². The number of benzene rings is 3. The van der Waals surface area contributed by atoms with E-state index in [2.05, 4.69) is 88.7 Å². The Morgan fingerprint density at radius 2 is 1.60 bits per heavy atom.